The van der Waals surface area contributed by atoms with Gasteiger partial charge in [-0.05, 0) is 44.5 Å². The van der Waals surface area contributed by atoms with E-state index in [0.717, 1.165) is 56.7 Å². The van der Waals surface area contributed by atoms with Gasteiger partial charge >= 0.3 is 23.9 Å². The van der Waals surface area contributed by atoms with Crippen LogP contribution < -0.4 is 0 Å². The van der Waals surface area contributed by atoms with E-state index in [2.05, 4.69) is 12.1 Å². The molecule has 0 radical (unpaired) electrons. The molecule has 0 N–H and O–H groups in total. The first kappa shape index (κ1) is 39.2. The average Bonchev–Trinajstić information content (AvgIpc) is 3.71. The van der Waals surface area contributed by atoms with E-state index >= 15 is 0 Å². The lowest BCUT2D eigenvalue weighted by molar-refractivity contribution is -0.154. The molecule has 0 amide bonds. The van der Waals surface area contributed by atoms with Gasteiger partial charge in [-0.3, -0.25) is 9.59 Å². The number of hydrogen-bond donors (Lipinski definition) is 0. The third kappa shape index (κ3) is 8.40. The summed E-state index contributed by atoms with van der Waals surface area (Å²) in [6, 6.07) is 35.1. The fourth-order valence-electron chi connectivity index (χ4n) is 7.20. The lowest BCUT2D eigenvalue weighted by Crippen LogP contribution is -2.31. The van der Waals surface area contributed by atoms with E-state index in [1.54, 1.807) is 27.7 Å². The lowest BCUT2D eigenvalue weighted by Gasteiger charge is -2.25. The van der Waals surface area contributed by atoms with Gasteiger partial charge in [0.1, 0.15) is 0 Å². The van der Waals surface area contributed by atoms with Crippen LogP contribution in [-0.2, 0) is 38.1 Å². The summed E-state index contributed by atoms with van der Waals surface area (Å²) in [5.74, 6) is -6.04. The van der Waals surface area contributed by atoms with Crippen LogP contribution in [0, 0.1) is 45.3 Å². The monoisotopic (exact) mass is 750 g/mol. The van der Waals surface area contributed by atoms with Crippen molar-refractivity contribution in [1.82, 2.24) is 0 Å². The predicted molar refractivity (Wildman–Crippen MR) is 206 cm³/mol. The summed E-state index contributed by atoms with van der Waals surface area (Å²) in [7, 11) is 0. The highest BCUT2D eigenvalue weighted by molar-refractivity contribution is 5.92. The van der Waals surface area contributed by atoms with E-state index < -0.39 is 58.4 Å². The fraction of sp³-hybridized carbons (Fsp3) is 0.304. The van der Waals surface area contributed by atoms with Gasteiger partial charge in [0.05, 0.1) is 38.6 Å². The highest BCUT2D eigenvalue weighted by atomic mass is 16.6. The molecule has 284 valence electrons. The van der Waals surface area contributed by atoms with Crippen LogP contribution in [0.25, 0.3) is 22.3 Å². The van der Waals surface area contributed by atoms with Crippen LogP contribution in [0.3, 0.4) is 0 Å². The van der Waals surface area contributed by atoms with Crippen molar-refractivity contribution >= 4 is 23.9 Å². The molecule has 2 aliphatic carbocycles. The van der Waals surface area contributed by atoms with Gasteiger partial charge in [-0.25, -0.2) is 9.59 Å². The number of nitrogens with zero attached hydrogens (tertiary/aromatic N) is 2. The molecule has 0 spiro atoms. The van der Waals surface area contributed by atoms with E-state index in [1.807, 2.05) is 97.1 Å². The second kappa shape index (κ2) is 16.5. The number of fused-ring (bicyclic) bond motifs is 6. The minimum Gasteiger partial charge on any atom is -0.464 e. The number of nitriles is 2. The summed E-state index contributed by atoms with van der Waals surface area (Å²) in [6.45, 7) is 6.47. The summed E-state index contributed by atoms with van der Waals surface area (Å²) in [6.07, 6.45) is 1.87. The second-order valence-electron chi connectivity index (χ2n) is 15.6. The predicted octanol–water partition coefficient (Wildman–Crippen LogP) is 7.67. The zero-order valence-corrected chi connectivity index (χ0v) is 31.7. The SMILES string of the molecule is CC(C)(COC(=O)C=CC(=O)OCC(C)(C)COC(=O)[C@@H](C#N)C1c2ccccc2-c2ccccc21)COC(=O)C(C#N)C1c2ccccc2-c2ccccc21. The third-order valence-corrected chi connectivity index (χ3v) is 9.99. The van der Waals surface area contributed by atoms with Gasteiger partial charge in [-0.2, -0.15) is 10.5 Å². The second-order valence-corrected chi connectivity index (χ2v) is 15.6. The fourth-order valence-corrected chi connectivity index (χ4v) is 7.20. The molecule has 56 heavy (non-hydrogen) atoms. The zero-order valence-electron chi connectivity index (χ0n) is 31.7. The first-order valence-corrected chi connectivity index (χ1v) is 18.3. The number of carbonyl (C=O) groups is 4. The maximum atomic E-state index is 13.3. The number of hydrogen-bond acceptors (Lipinski definition) is 10. The molecule has 2 atom stereocenters. The molecule has 0 saturated heterocycles. The molecule has 0 heterocycles. The first-order chi connectivity index (χ1) is 26.8. The highest BCUT2D eigenvalue weighted by Gasteiger charge is 2.41. The molecule has 4 aromatic rings. The Morgan fingerprint density at radius 2 is 0.786 bits per heavy atom. The Morgan fingerprint density at radius 3 is 1.07 bits per heavy atom. The van der Waals surface area contributed by atoms with Crippen molar-refractivity contribution in [1.29, 1.82) is 10.5 Å². The van der Waals surface area contributed by atoms with Gasteiger partial charge in [-0.15, -0.1) is 0 Å². The van der Waals surface area contributed by atoms with Crippen molar-refractivity contribution in [3.8, 4) is 34.4 Å². The van der Waals surface area contributed by atoms with Crippen LogP contribution in [0.15, 0.2) is 109 Å². The molecule has 0 aliphatic heterocycles. The third-order valence-electron chi connectivity index (χ3n) is 9.99. The van der Waals surface area contributed by atoms with E-state index in [0.29, 0.717) is 0 Å². The van der Waals surface area contributed by atoms with E-state index in [1.165, 1.54) is 0 Å². The molecule has 10 nitrogen and oxygen atoms in total. The van der Waals surface area contributed by atoms with Crippen LogP contribution >= 0.6 is 0 Å². The smallest absolute Gasteiger partial charge is 0.331 e. The topological polar surface area (TPSA) is 153 Å². The van der Waals surface area contributed by atoms with Crippen LogP contribution in [0.4, 0.5) is 0 Å². The zero-order chi connectivity index (χ0) is 40.0. The summed E-state index contributed by atoms with van der Waals surface area (Å²) < 4.78 is 21.9. The summed E-state index contributed by atoms with van der Waals surface area (Å²) in [5.41, 5.74) is 5.90. The molecule has 4 aromatic carbocycles. The molecule has 1 unspecified atom stereocenters. The molecule has 0 bridgehead atoms. The number of ether oxygens (including phenoxy) is 4. The van der Waals surface area contributed by atoms with Crippen molar-refractivity contribution < 1.29 is 38.1 Å². The van der Waals surface area contributed by atoms with Gasteiger partial charge in [-0.1, -0.05) is 125 Å². The first-order valence-electron chi connectivity index (χ1n) is 18.3. The molecule has 0 fully saturated rings. The molecule has 2 aliphatic rings. The molecular formula is C46H42N2O8. The van der Waals surface area contributed by atoms with Crippen molar-refractivity contribution in [3.05, 3.63) is 131 Å². The summed E-state index contributed by atoms with van der Waals surface area (Å²) >= 11 is 0. The number of carbonyl (C=O) groups excluding carboxylic acids is 4. The lowest BCUT2D eigenvalue weighted by atomic mass is 9.85. The Hall–Kier alpha value is -6.52. The Balaban J connectivity index is 0.944. The molecular weight excluding hydrogens is 709 g/mol. The Bertz CT molecular complexity index is 2030. The van der Waals surface area contributed by atoms with Crippen molar-refractivity contribution in [3.63, 3.8) is 0 Å². The van der Waals surface area contributed by atoms with Crippen molar-refractivity contribution in [2.45, 2.75) is 39.5 Å². The van der Waals surface area contributed by atoms with Crippen LogP contribution in [0.5, 0.6) is 0 Å². The van der Waals surface area contributed by atoms with Crippen LogP contribution in [-0.4, -0.2) is 50.3 Å². The van der Waals surface area contributed by atoms with E-state index in [-0.39, 0.29) is 26.4 Å². The molecule has 0 saturated carbocycles. The van der Waals surface area contributed by atoms with Gasteiger partial charge < -0.3 is 18.9 Å². The Kier molecular flexibility index (Phi) is 11.5. The molecule has 6 rings (SSSR count). The van der Waals surface area contributed by atoms with Crippen molar-refractivity contribution in [2.24, 2.45) is 22.7 Å². The summed E-state index contributed by atoms with van der Waals surface area (Å²) in [5, 5.41) is 20.1. The highest BCUT2D eigenvalue weighted by Crippen LogP contribution is 2.49. The number of rotatable bonds is 14. The minimum atomic E-state index is -1.08. The van der Waals surface area contributed by atoms with Gasteiger partial charge in [0.25, 0.3) is 0 Å². The maximum absolute atomic E-state index is 13.3. The number of esters is 4. The van der Waals surface area contributed by atoms with Crippen LogP contribution in [0.1, 0.15) is 61.8 Å². The van der Waals surface area contributed by atoms with Gasteiger partial charge in [0.2, 0.25) is 0 Å². The molecule has 10 heteroatoms. The Morgan fingerprint density at radius 1 is 0.518 bits per heavy atom. The minimum absolute atomic E-state index is 0.116. The normalized spacial score (nSPS) is 14.2. The summed E-state index contributed by atoms with van der Waals surface area (Å²) in [4.78, 5) is 51.5. The largest absolute Gasteiger partial charge is 0.464 e. The average molecular weight is 751 g/mol. The van der Waals surface area contributed by atoms with Crippen LogP contribution in [0.2, 0.25) is 0 Å². The van der Waals surface area contributed by atoms with E-state index in [4.69, 9.17) is 18.9 Å². The number of benzene rings is 4. The van der Waals surface area contributed by atoms with Gasteiger partial charge in [0.15, 0.2) is 11.8 Å². The standard InChI is InChI=1S/C46H42N2O8/c1-45(2,27-55-43(51)37(23-47)41-33-17-9-5-13-29(33)30-14-6-10-18-34(30)41)25-53-39(49)21-22-40(50)54-26-46(3,4)28-56-44(52)38(24-48)42-35-19-11-7-15-31(35)32-16-8-12-20-36(32)42/h5-22,37-38,41-42H,25-28H2,1-4H3/t37-,38?/m0/s1. The maximum Gasteiger partial charge on any atom is 0.331 e. The van der Waals surface area contributed by atoms with Gasteiger partial charge in [0, 0.05) is 34.8 Å². The molecule has 0 aromatic heterocycles. The quantitative estimate of drug-likeness (QED) is 0.0713. The Labute approximate surface area is 326 Å². The van der Waals surface area contributed by atoms with Crippen molar-refractivity contribution in [2.75, 3.05) is 26.4 Å². The van der Waals surface area contributed by atoms with E-state index in [9.17, 15) is 29.7 Å².